The highest BCUT2D eigenvalue weighted by atomic mass is 35.5. The first kappa shape index (κ1) is 14.7. The van der Waals surface area contributed by atoms with Gasteiger partial charge in [-0.1, -0.05) is 35.3 Å². The molecule has 0 saturated carbocycles. The van der Waals surface area contributed by atoms with E-state index in [4.69, 9.17) is 34.3 Å². The van der Waals surface area contributed by atoms with E-state index in [9.17, 15) is 0 Å². The monoisotopic (exact) mass is 307 g/mol. The molecule has 2 rings (SSSR count). The minimum atomic E-state index is 0.0128. The molecule has 0 aliphatic carbocycles. The van der Waals surface area contributed by atoms with E-state index in [2.05, 4.69) is 0 Å². The lowest BCUT2D eigenvalue weighted by molar-refractivity contribution is 0.923. The molecule has 0 saturated heterocycles. The summed E-state index contributed by atoms with van der Waals surface area (Å²) in [5, 5.41) is 8.70. The Bertz CT molecular complexity index is 624. The van der Waals surface area contributed by atoms with E-state index in [1.807, 2.05) is 42.3 Å². The second kappa shape index (κ2) is 6.16. The van der Waals surface area contributed by atoms with Crippen LogP contribution in [0, 0.1) is 5.41 Å². The summed E-state index contributed by atoms with van der Waals surface area (Å²) < 4.78 is 0. The number of amidine groups is 1. The van der Waals surface area contributed by atoms with Crippen molar-refractivity contribution in [1.82, 2.24) is 0 Å². The summed E-state index contributed by atoms with van der Waals surface area (Å²) in [4.78, 5) is 2.04. The van der Waals surface area contributed by atoms with Crippen molar-refractivity contribution in [3.8, 4) is 0 Å². The number of nitrogens with one attached hydrogen (secondary N) is 1. The quantitative estimate of drug-likeness (QED) is 0.664. The fourth-order valence-corrected chi connectivity index (χ4v) is 2.38. The van der Waals surface area contributed by atoms with Gasteiger partial charge in [-0.05, 0) is 35.9 Å². The van der Waals surface area contributed by atoms with Crippen LogP contribution in [-0.4, -0.2) is 12.9 Å². The predicted molar refractivity (Wildman–Crippen MR) is 86.0 cm³/mol. The molecule has 0 radical (unpaired) electrons. The zero-order valence-corrected chi connectivity index (χ0v) is 12.5. The van der Waals surface area contributed by atoms with E-state index in [0.29, 0.717) is 10.6 Å². The van der Waals surface area contributed by atoms with Crippen molar-refractivity contribution in [2.24, 2.45) is 5.73 Å². The van der Waals surface area contributed by atoms with Crippen molar-refractivity contribution < 1.29 is 0 Å². The van der Waals surface area contributed by atoms with E-state index in [0.717, 1.165) is 22.8 Å². The Hall–Kier alpha value is -1.71. The summed E-state index contributed by atoms with van der Waals surface area (Å²) in [6.07, 6.45) is 0. The first-order valence-corrected chi connectivity index (χ1v) is 6.82. The van der Waals surface area contributed by atoms with Crippen molar-refractivity contribution in [2.75, 3.05) is 11.9 Å². The average molecular weight is 308 g/mol. The van der Waals surface area contributed by atoms with Gasteiger partial charge in [0.05, 0.1) is 10.7 Å². The number of rotatable bonds is 4. The van der Waals surface area contributed by atoms with E-state index >= 15 is 0 Å². The maximum atomic E-state index is 7.40. The molecule has 0 unspecified atom stereocenters. The number of nitrogens with zero attached hydrogens (tertiary/aromatic N) is 1. The Morgan fingerprint density at radius 1 is 1.15 bits per heavy atom. The van der Waals surface area contributed by atoms with E-state index < -0.39 is 0 Å². The van der Waals surface area contributed by atoms with E-state index in [1.165, 1.54) is 0 Å². The molecule has 0 aliphatic heterocycles. The van der Waals surface area contributed by atoms with Gasteiger partial charge < -0.3 is 10.6 Å². The Balaban J connectivity index is 2.18. The molecule has 2 aromatic rings. The van der Waals surface area contributed by atoms with Crippen LogP contribution >= 0.6 is 23.2 Å². The Morgan fingerprint density at radius 3 is 2.35 bits per heavy atom. The maximum Gasteiger partial charge on any atom is 0.122 e. The van der Waals surface area contributed by atoms with Gasteiger partial charge in [0.1, 0.15) is 5.84 Å². The second-order valence-electron chi connectivity index (χ2n) is 4.56. The second-order valence-corrected chi connectivity index (χ2v) is 5.41. The number of hydrogen-bond donors (Lipinski definition) is 2. The minimum absolute atomic E-state index is 0.0128. The van der Waals surface area contributed by atoms with Crippen LogP contribution in [0.5, 0.6) is 0 Å². The van der Waals surface area contributed by atoms with Crippen LogP contribution in [0.4, 0.5) is 5.69 Å². The number of nitrogen functional groups attached to an aromatic ring is 1. The van der Waals surface area contributed by atoms with Gasteiger partial charge in [-0.2, -0.15) is 0 Å². The van der Waals surface area contributed by atoms with Gasteiger partial charge in [-0.25, -0.2) is 0 Å². The van der Waals surface area contributed by atoms with Crippen LogP contribution in [0.2, 0.25) is 10.0 Å². The molecule has 3 N–H and O–H groups in total. The van der Waals surface area contributed by atoms with Gasteiger partial charge >= 0.3 is 0 Å². The molecule has 104 valence electrons. The smallest absolute Gasteiger partial charge is 0.122 e. The number of halogens is 2. The highest BCUT2D eigenvalue weighted by Gasteiger charge is 2.08. The highest BCUT2D eigenvalue weighted by Crippen LogP contribution is 2.27. The van der Waals surface area contributed by atoms with E-state index in [1.54, 1.807) is 12.1 Å². The normalized spacial score (nSPS) is 10.3. The largest absolute Gasteiger partial charge is 0.384 e. The minimum Gasteiger partial charge on any atom is -0.384 e. The molecule has 0 aromatic heterocycles. The van der Waals surface area contributed by atoms with Crippen LogP contribution in [0.15, 0.2) is 42.5 Å². The van der Waals surface area contributed by atoms with Gasteiger partial charge in [0.25, 0.3) is 0 Å². The zero-order chi connectivity index (χ0) is 14.7. The molecule has 0 atom stereocenters. The molecule has 2 aromatic carbocycles. The first-order chi connectivity index (χ1) is 9.47. The van der Waals surface area contributed by atoms with Gasteiger partial charge in [0.2, 0.25) is 0 Å². The molecule has 3 nitrogen and oxygen atoms in total. The summed E-state index contributed by atoms with van der Waals surface area (Å²) in [7, 11) is 1.96. The summed E-state index contributed by atoms with van der Waals surface area (Å²) in [6, 6.07) is 13.1. The van der Waals surface area contributed by atoms with Crippen molar-refractivity contribution in [1.29, 1.82) is 5.41 Å². The van der Waals surface area contributed by atoms with Crippen molar-refractivity contribution in [2.45, 2.75) is 6.54 Å². The Morgan fingerprint density at radius 2 is 1.80 bits per heavy atom. The number of hydrogen-bond acceptors (Lipinski definition) is 2. The van der Waals surface area contributed by atoms with E-state index in [-0.39, 0.29) is 5.84 Å². The van der Waals surface area contributed by atoms with Crippen LogP contribution in [-0.2, 0) is 6.54 Å². The third-order valence-corrected chi connectivity index (χ3v) is 3.56. The summed E-state index contributed by atoms with van der Waals surface area (Å²) in [5.74, 6) is 0.0128. The van der Waals surface area contributed by atoms with Crippen molar-refractivity contribution >= 4 is 34.7 Å². The number of benzene rings is 2. The fourth-order valence-electron chi connectivity index (χ4n) is 1.93. The molecule has 0 bridgehead atoms. The van der Waals surface area contributed by atoms with Crippen molar-refractivity contribution in [3.63, 3.8) is 0 Å². The third kappa shape index (κ3) is 3.44. The topological polar surface area (TPSA) is 53.1 Å². The third-order valence-electron chi connectivity index (χ3n) is 3.00. The highest BCUT2D eigenvalue weighted by molar-refractivity contribution is 6.33. The van der Waals surface area contributed by atoms with Crippen LogP contribution < -0.4 is 10.6 Å². The number of anilines is 1. The lowest BCUT2D eigenvalue weighted by atomic mass is 10.1. The summed E-state index contributed by atoms with van der Waals surface area (Å²) in [6.45, 7) is 0.719. The predicted octanol–water partition coefficient (Wildman–Crippen LogP) is 3.91. The molecule has 0 aliphatic rings. The standard InChI is InChI=1S/C15H15Cl2N3/c1-20(9-10-2-5-12(16)6-3-10)14-7-4-11(15(18)19)8-13(14)17/h2-8H,9H2,1H3,(H3,18,19). The lowest BCUT2D eigenvalue weighted by Crippen LogP contribution is -2.17. The van der Waals surface area contributed by atoms with Gasteiger partial charge in [-0.3, -0.25) is 5.41 Å². The van der Waals surface area contributed by atoms with Gasteiger partial charge in [0.15, 0.2) is 0 Å². The summed E-state index contributed by atoms with van der Waals surface area (Å²) >= 11 is 12.1. The fraction of sp³-hybridized carbons (Fsp3) is 0.133. The van der Waals surface area contributed by atoms with Crippen LogP contribution in [0.1, 0.15) is 11.1 Å². The molecule has 20 heavy (non-hydrogen) atoms. The SMILES string of the molecule is CN(Cc1ccc(Cl)cc1)c1ccc(C(=N)N)cc1Cl. The number of nitrogens with two attached hydrogens (primary N) is 1. The molecule has 0 fully saturated rings. The maximum absolute atomic E-state index is 7.40. The zero-order valence-electron chi connectivity index (χ0n) is 11.0. The molecule has 0 spiro atoms. The Kier molecular flexibility index (Phi) is 4.53. The van der Waals surface area contributed by atoms with Gasteiger partial charge in [0, 0.05) is 24.2 Å². The molecular weight excluding hydrogens is 293 g/mol. The first-order valence-electron chi connectivity index (χ1n) is 6.07. The molecular formula is C15H15Cl2N3. The summed E-state index contributed by atoms with van der Waals surface area (Å²) in [5.41, 5.74) is 8.11. The average Bonchev–Trinajstić information content (AvgIpc) is 2.41. The Labute approximate surface area is 128 Å². The van der Waals surface area contributed by atoms with Crippen LogP contribution in [0.3, 0.4) is 0 Å². The van der Waals surface area contributed by atoms with Crippen molar-refractivity contribution in [3.05, 3.63) is 63.6 Å². The van der Waals surface area contributed by atoms with Gasteiger partial charge in [-0.15, -0.1) is 0 Å². The van der Waals surface area contributed by atoms with Crippen LogP contribution in [0.25, 0.3) is 0 Å². The molecule has 0 amide bonds. The molecule has 0 heterocycles. The molecule has 5 heteroatoms. The lowest BCUT2D eigenvalue weighted by Gasteiger charge is -2.21.